The molecule has 156 valence electrons. The molecule has 0 bridgehead atoms. The van der Waals surface area contributed by atoms with E-state index in [1.807, 2.05) is 39.1 Å². The fourth-order valence-corrected chi connectivity index (χ4v) is 4.63. The maximum Gasteiger partial charge on any atom is 0.227 e. The normalized spacial score (nSPS) is 13.4. The van der Waals surface area contributed by atoms with Gasteiger partial charge in [-0.3, -0.25) is 9.88 Å². The topological polar surface area (TPSA) is 77.3 Å². The zero-order valence-corrected chi connectivity index (χ0v) is 18.3. The first-order valence-corrected chi connectivity index (χ1v) is 11.3. The molecule has 7 nitrogen and oxygen atoms in total. The molecule has 2 rings (SSSR count). The Bertz CT molecular complexity index is 834. The quantitative estimate of drug-likeness (QED) is 0.569. The van der Waals surface area contributed by atoms with Crippen LogP contribution in [0.15, 0.2) is 35.7 Å². The minimum absolute atomic E-state index is 0.0907. The van der Waals surface area contributed by atoms with E-state index >= 15 is 0 Å². The summed E-state index contributed by atoms with van der Waals surface area (Å²) in [6.07, 6.45) is 4.06. The third-order valence-corrected chi connectivity index (χ3v) is 6.51. The molecule has 0 fully saturated rings. The van der Waals surface area contributed by atoms with Gasteiger partial charge in [0.2, 0.25) is 15.0 Å². The van der Waals surface area contributed by atoms with Crippen LogP contribution in [0.5, 0.6) is 0 Å². The van der Waals surface area contributed by atoms with Gasteiger partial charge in [-0.05, 0) is 38.4 Å². The van der Waals surface area contributed by atoms with E-state index in [-0.39, 0.29) is 17.0 Å². The number of hydrogen-bond donors (Lipinski definition) is 0. The Morgan fingerprint density at radius 3 is 2.57 bits per heavy atom. The highest BCUT2D eigenvalue weighted by Crippen LogP contribution is 2.21. The molecule has 0 saturated carbocycles. The van der Waals surface area contributed by atoms with Crippen molar-refractivity contribution in [3.63, 3.8) is 0 Å². The van der Waals surface area contributed by atoms with Crippen molar-refractivity contribution in [2.24, 2.45) is 5.92 Å². The van der Waals surface area contributed by atoms with Gasteiger partial charge in [-0.15, -0.1) is 0 Å². The van der Waals surface area contributed by atoms with Crippen LogP contribution < -0.4 is 0 Å². The SMILES string of the molecule is COCCn1c(CN(C)[C@@H](C)c2ccccn2)cnc1S(=O)(=O)CCC(C)C. The first kappa shape index (κ1) is 22.5. The van der Waals surface area contributed by atoms with E-state index in [0.717, 1.165) is 11.4 Å². The average molecular weight is 409 g/mol. The van der Waals surface area contributed by atoms with E-state index in [1.54, 1.807) is 24.1 Å². The molecule has 2 aromatic heterocycles. The third kappa shape index (κ3) is 5.86. The van der Waals surface area contributed by atoms with Gasteiger partial charge in [0.05, 0.1) is 29.9 Å². The summed E-state index contributed by atoms with van der Waals surface area (Å²) in [6.45, 7) is 7.56. The van der Waals surface area contributed by atoms with Crippen LogP contribution >= 0.6 is 0 Å². The number of nitrogens with zero attached hydrogens (tertiary/aromatic N) is 4. The van der Waals surface area contributed by atoms with Crippen molar-refractivity contribution in [3.05, 3.63) is 42.0 Å². The zero-order valence-electron chi connectivity index (χ0n) is 17.5. The summed E-state index contributed by atoms with van der Waals surface area (Å²) in [5.41, 5.74) is 1.82. The first-order valence-electron chi connectivity index (χ1n) is 9.63. The zero-order chi connectivity index (χ0) is 20.7. The second kappa shape index (κ2) is 10.1. The smallest absolute Gasteiger partial charge is 0.227 e. The number of rotatable bonds is 11. The predicted octanol–water partition coefficient (Wildman–Crippen LogP) is 2.94. The predicted molar refractivity (Wildman–Crippen MR) is 110 cm³/mol. The molecule has 28 heavy (non-hydrogen) atoms. The van der Waals surface area contributed by atoms with Gasteiger partial charge in [0, 0.05) is 32.4 Å². The minimum atomic E-state index is -3.44. The number of hydrogen-bond acceptors (Lipinski definition) is 6. The van der Waals surface area contributed by atoms with E-state index in [1.165, 1.54) is 0 Å². The Hall–Kier alpha value is -1.77. The van der Waals surface area contributed by atoms with E-state index in [0.29, 0.717) is 32.0 Å². The molecule has 0 unspecified atom stereocenters. The monoisotopic (exact) mass is 408 g/mol. The highest BCUT2D eigenvalue weighted by molar-refractivity contribution is 7.91. The molecule has 0 radical (unpaired) electrons. The van der Waals surface area contributed by atoms with Crippen LogP contribution in [-0.2, 0) is 27.7 Å². The van der Waals surface area contributed by atoms with Crippen LogP contribution in [0, 0.1) is 5.92 Å². The Morgan fingerprint density at radius 1 is 1.21 bits per heavy atom. The van der Waals surface area contributed by atoms with Gasteiger partial charge in [0.1, 0.15) is 0 Å². The van der Waals surface area contributed by atoms with Crippen molar-refractivity contribution in [2.75, 3.05) is 26.5 Å². The maximum absolute atomic E-state index is 12.8. The van der Waals surface area contributed by atoms with Gasteiger partial charge in [0.25, 0.3) is 0 Å². The summed E-state index contributed by atoms with van der Waals surface area (Å²) in [4.78, 5) is 10.8. The molecule has 2 aromatic rings. The van der Waals surface area contributed by atoms with Gasteiger partial charge < -0.3 is 9.30 Å². The van der Waals surface area contributed by atoms with Crippen LogP contribution in [0.4, 0.5) is 0 Å². The molecule has 1 atom stereocenters. The Labute approximate surface area is 168 Å². The Morgan fingerprint density at radius 2 is 1.96 bits per heavy atom. The molecular formula is C20H32N4O3S. The lowest BCUT2D eigenvalue weighted by Crippen LogP contribution is -2.25. The van der Waals surface area contributed by atoms with Crippen molar-refractivity contribution >= 4 is 9.84 Å². The minimum Gasteiger partial charge on any atom is -0.383 e. The number of ether oxygens (including phenoxy) is 1. The molecule has 0 amide bonds. The summed E-state index contributed by atoms with van der Waals surface area (Å²) in [7, 11) is 0.172. The molecule has 0 aliphatic heterocycles. The fraction of sp³-hybridized carbons (Fsp3) is 0.600. The van der Waals surface area contributed by atoms with Gasteiger partial charge >= 0.3 is 0 Å². The number of aromatic nitrogens is 3. The largest absolute Gasteiger partial charge is 0.383 e. The van der Waals surface area contributed by atoms with Crippen LogP contribution in [0.25, 0.3) is 0 Å². The molecule has 0 aliphatic carbocycles. The maximum atomic E-state index is 12.8. The van der Waals surface area contributed by atoms with Gasteiger partial charge in [-0.25, -0.2) is 13.4 Å². The van der Waals surface area contributed by atoms with Crippen LogP contribution in [0.2, 0.25) is 0 Å². The molecule has 2 heterocycles. The number of pyridine rings is 1. The summed E-state index contributed by atoms with van der Waals surface area (Å²) in [5, 5.41) is 0.138. The van der Waals surface area contributed by atoms with Gasteiger partial charge in [-0.1, -0.05) is 19.9 Å². The first-order chi connectivity index (χ1) is 13.3. The van der Waals surface area contributed by atoms with Crippen molar-refractivity contribution in [1.29, 1.82) is 0 Å². The second-order valence-electron chi connectivity index (χ2n) is 7.52. The Balaban J connectivity index is 2.25. The van der Waals surface area contributed by atoms with Crippen LogP contribution in [-0.4, -0.2) is 54.4 Å². The van der Waals surface area contributed by atoms with E-state index < -0.39 is 9.84 Å². The summed E-state index contributed by atoms with van der Waals surface area (Å²) >= 11 is 0. The highest BCUT2D eigenvalue weighted by atomic mass is 32.2. The molecular weight excluding hydrogens is 376 g/mol. The Kier molecular flexibility index (Phi) is 8.15. The summed E-state index contributed by atoms with van der Waals surface area (Å²) in [6, 6.07) is 5.94. The molecule has 8 heteroatoms. The average Bonchev–Trinajstić information content (AvgIpc) is 3.08. The lowest BCUT2D eigenvalue weighted by Gasteiger charge is -2.24. The molecule has 0 N–H and O–H groups in total. The van der Waals surface area contributed by atoms with Crippen LogP contribution in [0.3, 0.4) is 0 Å². The van der Waals surface area contributed by atoms with Crippen molar-refractivity contribution in [3.8, 4) is 0 Å². The van der Waals surface area contributed by atoms with E-state index in [9.17, 15) is 8.42 Å². The summed E-state index contributed by atoms with van der Waals surface area (Å²) in [5.74, 6) is 0.427. The fourth-order valence-electron chi connectivity index (χ4n) is 2.91. The van der Waals surface area contributed by atoms with E-state index in [2.05, 4.69) is 21.8 Å². The third-order valence-electron chi connectivity index (χ3n) is 4.85. The lowest BCUT2D eigenvalue weighted by molar-refractivity contribution is 0.180. The molecule has 0 aliphatic rings. The molecule has 0 aromatic carbocycles. The highest BCUT2D eigenvalue weighted by Gasteiger charge is 2.24. The lowest BCUT2D eigenvalue weighted by atomic mass is 10.2. The van der Waals surface area contributed by atoms with Gasteiger partial charge in [0.15, 0.2) is 0 Å². The van der Waals surface area contributed by atoms with Gasteiger partial charge in [-0.2, -0.15) is 0 Å². The van der Waals surface area contributed by atoms with Crippen LogP contribution in [0.1, 0.15) is 44.6 Å². The number of sulfone groups is 1. The molecule has 0 spiro atoms. The number of methoxy groups -OCH3 is 1. The van der Waals surface area contributed by atoms with Crippen molar-refractivity contribution < 1.29 is 13.2 Å². The van der Waals surface area contributed by atoms with E-state index in [4.69, 9.17) is 4.74 Å². The standard InChI is InChI=1S/C20H32N4O3S/c1-16(2)9-13-28(25,26)20-22-14-18(24(20)11-12-27-5)15-23(4)17(3)19-8-6-7-10-21-19/h6-8,10,14,16-17H,9,11-13,15H2,1-5H3/t17-/m0/s1. The summed E-state index contributed by atoms with van der Waals surface area (Å²) < 4.78 is 32.6. The second-order valence-corrected chi connectivity index (χ2v) is 9.53. The van der Waals surface area contributed by atoms with Crippen molar-refractivity contribution in [1.82, 2.24) is 19.4 Å². The van der Waals surface area contributed by atoms with Crippen molar-refractivity contribution in [2.45, 2.75) is 51.5 Å². The molecule has 0 saturated heterocycles. The number of imidazole rings is 1.